The molecule has 27 heavy (non-hydrogen) atoms. The molecule has 1 aromatic heterocycles. The van der Waals surface area contributed by atoms with Gasteiger partial charge in [-0.25, -0.2) is 9.18 Å². The predicted molar refractivity (Wildman–Crippen MR) is 98.5 cm³/mol. The van der Waals surface area contributed by atoms with Gasteiger partial charge < -0.3 is 14.3 Å². The third kappa shape index (κ3) is 3.60. The maximum absolute atomic E-state index is 14.6. The molecular formula is C19H18ClFN2O4. The summed E-state index contributed by atoms with van der Waals surface area (Å²) in [7, 11) is 1.49. The fraction of sp³-hybridized carbons (Fsp3) is 0.316. The Labute approximate surface area is 160 Å². The summed E-state index contributed by atoms with van der Waals surface area (Å²) in [6.45, 7) is 3.53. The molecule has 1 aromatic carbocycles. The Kier molecular flexibility index (Phi) is 5.32. The third-order valence-corrected chi connectivity index (χ3v) is 4.54. The summed E-state index contributed by atoms with van der Waals surface area (Å²) in [5.74, 6) is -0.572. The molecule has 1 unspecified atom stereocenters. The fourth-order valence-corrected chi connectivity index (χ4v) is 3.08. The SMILES string of the molecule is CCOC(=O)C1(C)CC(c2cc(-c3cnccc3OC)c(F)cc2Cl)=NO1. The number of hydrogen-bond donors (Lipinski definition) is 0. The van der Waals surface area contributed by atoms with Crippen molar-refractivity contribution < 1.29 is 23.5 Å². The normalized spacial score (nSPS) is 18.6. The van der Waals surface area contributed by atoms with Gasteiger partial charge in [0.25, 0.3) is 0 Å². The van der Waals surface area contributed by atoms with Gasteiger partial charge in [-0.05, 0) is 32.0 Å². The van der Waals surface area contributed by atoms with Crippen molar-refractivity contribution in [1.82, 2.24) is 4.98 Å². The second-order valence-corrected chi connectivity index (χ2v) is 6.55. The summed E-state index contributed by atoms with van der Waals surface area (Å²) in [5.41, 5.74) is 0.386. The number of pyridine rings is 1. The molecule has 0 saturated heterocycles. The van der Waals surface area contributed by atoms with Gasteiger partial charge in [0.1, 0.15) is 11.6 Å². The molecular weight excluding hydrogens is 375 g/mol. The summed E-state index contributed by atoms with van der Waals surface area (Å²) in [5, 5.41) is 4.15. The van der Waals surface area contributed by atoms with E-state index in [0.29, 0.717) is 22.6 Å². The number of carbonyl (C=O) groups excluding carboxylic acids is 1. The molecule has 2 heterocycles. The second kappa shape index (κ2) is 7.52. The number of methoxy groups -OCH3 is 1. The van der Waals surface area contributed by atoms with Gasteiger partial charge in [-0.3, -0.25) is 4.98 Å². The molecule has 0 spiro atoms. The van der Waals surface area contributed by atoms with Gasteiger partial charge in [-0.1, -0.05) is 16.8 Å². The zero-order chi connectivity index (χ0) is 19.6. The number of oxime groups is 1. The van der Waals surface area contributed by atoms with Crippen molar-refractivity contribution in [2.75, 3.05) is 13.7 Å². The lowest BCUT2D eigenvalue weighted by molar-refractivity contribution is -0.166. The van der Waals surface area contributed by atoms with E-state index in [1.165, 1.54) is 19.4 Å². The lowest BCUT2D eigenvalue weighted by Gasteiger charge is -2.18. The van der Waals surface area contributed by atoms with E-state index >= 15 is 0 Å². The van der Waals surface area contributed by atoms with E-state index in [4.69, 9.17) is 25.9 Å². The molecule has 0 radical (unpaired) electrons. The molecule has 0 bridgehead atoms. The lowest BCUT2D eigenvalue weighted by Crippen LogP contribution is -2.37. The second-order valence-electron chi connectivity index (χ2n) is 6.15. The minimum absolute atomic E-state index is 0.154. The molecule has 1 atom stereocenters. The molecule has 0 saturated carbocycles. The number of rotatable bonds is 5. The minimum Gasteiger partial charge on any atom is -0.496 e. The van der Waals surface area contributed by atoms with Crippen LogP contribution in [0.3, 0.4) is 0 Å². The van der Waals surface area contributed by atoms with E-state index in [0.717, 1.165) is 0 Å². The van der Waals surface area contributed by atoms with Crippen LogP contribution in [0.25, 0.3) is 11.1 Å². The Morgan fingerprint density at radius 1 is 1.37 bits per heavy atom. The van der Waals surface area contributed by atoms with E-state index in [2.05, 4.69) is 10.1 Å². The van der Waals surface area contributed by atoms with Crippen molar-refractivity contribution in [3.63, 3.8) is 0 Å². The van der Waals surface area contributed by atoms with Crippen molar-refractivity contribution in [3.05, 3.63) is 47.0 Å². The molecule has 0 aliphatic carbocycles. The highest BCUT2D eigenvalue weighted by Gasteiger charge is 2.44. The third-order valence-electron chi connectivity index (χ3n) is 4.23. The zero-order valence-electron chi connectivity index (χ0n) is 15.1. The van der Waals surface area contributed by atoms with Crippen LogP contribution in [0.4, 0.5) is 4.39 Å². The quantitative estimate of drug-likeness (QED) is 0.719. The number of aromatic nitrogens is 1. The van der Waals surface area contributed by atoms with Crippen LogP contribution in [0.5, 0.6) is 5.75 Å². The van der Waals surface area contributed by atoms with Crippen LogP contribution in [-0.4, -0.2) is 36.0 Å². The molecule has 0 N–H and O–H groups in total. The molecule has 6 nitrogen and oxygen atoms in total. The molecule has 1 aliphatic rings. The molecule has 2 aromatic rings. The molecule has 8 heteroatoms. The molecule has 142 valence electrons. The van der Waals surface area contributed by atoms with Crippen LogP contribution in [-0.2, 0) is 14.4 Å². The lowest BCUT2D eigenvalue weighted by atomic mass is 9.94. The van der Waals surface area contributed by atoms with Crippen LogP contribution >= 0.6 is 11.6 Å². The van der Waals surface area contributed by atoms with Gasteiger partial charge in [-0.15, -0.1) is 0 Å². The molecule has 3 rings (SSSR count). The first-order chi connectivity index (χ1) is 12.9. The van der Waals surface area contributed by atoms with Crippen LogP contribution in [0.2, 0.25) is 5.02 Å². The number of nitrogens with zero attached hydrogens (tertiary/aromatic N) is 2. The zero-order valence-corrected chi connectivity index (χ0v) is 15.8. The number of benzene rings is 1. The van der Waals surface area contributed by atoms with Crippen LogP contribution < -0.4 is 4.74 Å². The van der Waals surface area contributed by atoms with Crippen molar-refractivity contribution in [2.24, 2.45) is 5.16 Å². The number of carbonyl (C=O) groups is 1. The summed E-state index contributed by atoms with van der Waals surface area (Å²) < 4.78 is 24.9. The summed E-state index contributed by atoms with van der Waals surface area (Å²) in [4.78, 5) is 21.5. The maximum atomic E-state index is 14.6. The standard InChI is InChI=1S/C19H18ClFN2O4/c1-4-26-18(24)19(2)9-16(23-27-19)12-7-11(15(21)8-14(12)20)13-10-22-6-5-17(13)25-3/h5-8,10H,4,9H2,1-3H3. The average molecular weight is 393 g/mol. The Hall–Kier alpha value is -2.67. The maximum Gasteiger partial charge on any atom is 0.353 e. The first-order valence-electron chi connectivity index (χ1n) is 8.29. The van der Waals surface area contributed by atoms with Crippen LogP contribution in [0.15, 0.2) is 35.7 Å². The van der Waals surface area contributed by atoms with Gasteiger partial charge in [0.15, 0.2) is 0 Å². The molecule has 0 amide bonds. The monoisotopic (exact) mass is 392 g/mol. The summed E-state index contributed by atoms with van der Waals surface area (Å²) in [6.07, 6.45) is 3.21. The Bertz CT molecular complexity index is 919. The minimum atomic E-state index is -1.24. The van der Waals surface area contributed by atoms with Crippen molar-refractivity contribution >= 4 is 23.3 Å². The molecule has 0 fully saturated rings. The number of halogens is 2. The van der Waals surface area contributed by atoms with E-state index in [9.17, 15) is 9.18 Å². The van der Waals surface area contributed by atoms with Crippen molar-refractivity contribution in [1.29, 1.82) is 0 Å². The van der Waals surface area contributed by atoms with Gasteiger partial charge >= 0.3 is 5.97 Å². The fourth-order valence-electron chi connectivity index (χ4n) is 2.82. The molecule has 1 aliphatic heterocycles. The Morgan fingerprint density at radius 2 is 2.15 bits per heavy atom. The highest BCUT2D eigenvalue weighted by Crippen LogP contribution is 2.36. The predicted octanol–water partition coefficient (Wildman–Crippen LogP) is 4.00. The number of ether oxygens (including phenoxy) is 2. The van der Waals surface area contributed by atoms with E-state index < -0.39 is 17.4 Å². The van der Waals surface area contributed by atoms with E-state index in [-0.39, 0.29) is 23.6 Å². The summed E-state index contributed by atoms with van der Waals surface area (Å²) in [6, 6.07) is 4.38. The smallest absolute Gasteiger partial charge is 0.353 e. The van der Waals surface area contributed by atoms with Gasteiger partial charge in [0.05, 0.1) is 24.5 Å². The van der Waals surface area contributed by atoms with Gasteiger partial charge in [-0.2, -0.15) is 0 Å². The van der Waals surface area contributed by atoms with E-state index in [1.54, 1.807) is 32.2 Å². The van der Waals surface area contributed by atoms with Gasteiger partial charge in [0, 0.05) is 35.5 Å². The first kappa shape index (κ1) is 19.1. The summed E-state index contributed by atoms with van der Waals surface area (Å²) >= 11 is 6.24. The number of hydrogen-bond acceptors (Lipinski definition) is 6. The van der Waals surface area contributed by atoms with Crippen molar-refractivity contribution in [3.8, 4) is 16.9 Å². The highest BCUT2D eigenvalue weighted by molar-refractivity contribution is 6.34. The Morgan fingerprint density at radius 3 is 2.85 bits per heavy atom. The number of esters is 1. The highest BCUT2D eigenvalue weighted by atomic mass is 35.5. The average Bonchev–Trinajstić information content (AvgIpc) is 3.05. The van der Waals surface area contributed by atoms with Crippen LogP contribution in [0.1, 0.15) is 25.8 Å². The largest absolute Gasteiger partial charge is 0.496 e. The first-order valence-corrected chi connectivity index (χ1v) is 8.67. The van der Waals surface area contributed by atoms with Crippen LogP contribution in [0, 0.1) is 5.82 Å². The van der Waals surface area contributed by atoms with Crippen molar-refractivity contribution in [2.45, 2.75) is 25.9 Å². The van der Waals surface area contributed by atoms with E-state index in [1.807, 2.05) is 0 Å². The Balaban J connectivity index is 2.00. The van der Waals surface area contributed by atoms with Gasteiger partial charge in [0.2, 0.25) is 5.60 Å². The topological polar surface area (TPSA) is 70.0 Å².